The smallest absolute Gasteiger partial charge is 0.338 e. The molecule has 6 heteroatoms. The molecule has 0 N–H and O–H groups in total. The van der Waals surface area contributed by atoms with Crippen molar-refractivity contribution in [2.75, 3.05) is 23.9 Å². The number of hydrogen-bond acceptors (Lipinski definition) is 4. The zero-order valence-corrected chi connectivity index (χ0v) is 11.5. The molecule has 0 radical (unpaired) electrons. The number of pyridine rings is 1. The molecule has 1 aromatic rings. The average Bonchev–Trinajstić information content (AvgIpc) is 2.79. The highest BCUT2D eigenvalue weighted by Gasteiger charge is 2.30. The van der Waals surface area contributed by atoms with Crippen molar-refractivity contribution < 1.29 is 14.3 Å². The van der Waals surface area contributed by atoms with Gasteiger partial charge < -0.3 is 4.74 Å². The van der Waals surface area contributed by atoms with Gasteiger partial charge in [0.1, 0.15) is 5.82 Å². The van der Waals surface area contributed by atoms with E-state index in [0.29, 0.717) is 30.3 Å². The topological polar surface area (TPSA) is 59.5 Å². The molecule has 2 rings (SSSR count). The van der Waals surface area contributed by atoms with E-state index in [4.69, 9.17) is 0 Å². The summed E-state index contributed by atoms with van der Waals surface area (Å²) in [5.41, 5.74) is 0.401. The highest BCUT2D eigenvalue weighted by Crippen LogP contribution is 2.25. The highest BCUT2D eigenvalue weighted by molar-refractivity contribution is 9.09. The van der Waals surface area contributed by atoms with Crippen LogP contribution in [0, 0.1) is 5.92 Å². The maximum absolute atomic E-state index is 11.8. The third-order valence-electron chi connectivity index (χ3n) is 2.87. The SMILES string of the molecule is COC(=O)c1ccnc(N2CC(CBr)CC2=O)c1. The van der Waals surface area contributed by atoms with Gasteiger partial charge in [0.25, 0.3) is 0 Å². The molecule has 0 aliphatic carbocycles. The van der Waals surface area contributed by atoms with Gasteiger partial charge in [-0.2, -0.15) is 0 Å². The maximum Gasteiger partial charge on any atom is 0.338 e. The van der Waals surface area contributed by atoms with E-state index < -0.39 is 5.97 Å². The van der Waals surface area contributed by atoms with E-state index in [1.807, 2.05) is 0 Å². The third-order valence-corrected chi connectivity index (χ3v) is 3.78. The molecule has 0 aromatic carbocycles. The van der Waals surface area contributed by atoms with Gasteiger partial charge in [-0.05, 0) is 18.1 Å². The lowest BCUT2D eigenvalue weighted by Gasteiger charge is -2.15. The summed E-state index contributed by atoms with van der Waals surface area (Å²) < 4.78 is 4.65. The molecule has 1 unspecified atom stereocenters. The Bertz CT molecular complexity index is 478. The van der Waals surface area contributed by atoms with Crippen LogP contribution >= 0.6 is 15.9 Å². The van der Waals surface area contributed by atoms with Crippen LogP contribution in [0.2, 0.25) is 0 Å². The van der Waals surface area contributed by atoms with E-state index in [-0.39, 0.29) is 5.91 Å². The van der Waals surface area contributed by atoms with Gasteiger partial charge >= 0.3 is 5.97 Å². The predicted molar refractivity (Wildman–Crippen MR) is 69.8 cm³/mol. The predicted octanol–water partition coefficient (Wildman–Crippen LogP) is 1.62. The second kappa shape index (κ2) is 5.48. The maximum atomic E-state index is 11.8. The fourth-order valence-corrected chi connectivity index (χ4v) is 2.35. The number of esters is 1. The highest BCUT2D eigenvalue weighted by atomic mass is 79.9. The van der Waals surface area contributed by atoms with Crippen molar-refractivity contribution in [3.63, 3.8) is 0 Å². The zero-order valence-electron chi connectivity index (χ0n) is 9.93. The zero-order chi connectivity index (χ0) is 13.1. The van der Waals surface area contributed by atoms with E-state index in [0.717, 1.165) is 5.33 Å². The first-order valence-corrected chi connectivity index (χ1v) is 6.68. The van der Waals surface area contributed by atoms with Gasteiger partial charge in [-0.3, -0.25) is 9.69 Å². The molecule has 0 bridgehead atoms. The van der Waals surface area contributed by atoms with Crippen LogP contribution in [0.1, 0.15) is 16.8 Å². The molecular formula is C12H13BrN2O3. The van der Waals surface area contributed by atoms with Crippen molar-refractivity contribution in [1.82, 2.24) is 4.98 Å². The van der Waals surface area contributed by atoms with E-state index in [2.05, 4.69) is 25.7 Å². The van der Waals surface area contributed by atoms with Gasteiger partial charge in [-0.25, -0.2) is 9.78 Å². The van der Waals surface area contributed by atoms with Gasteiger partial charge in [0.05, 0.1) is 12.7 Å². The minimum absolute atomic E-state index is 0.0361. The number of carbonyl (C=O) groups excluding carboxylic acids is 2. The number of nitrogens with zero attached hydrogens (tertiary/aromatic N) is 2. The van der Waals surface area contributed by atoms with Crippen molar-refractivity contribution in [1.29, 1.82) is 0 Å². The number of methoxy groups -OCH3 is 1. The minimum Gasteiger partial charge on any atom is -0.465 e. The minimum atomic E-state index is -0.428. The number of ether oxygens (including phenoxy) is 1. The summed E-state index contributed by atoms with van der Waals surface area (Å²) in [5.74, 6) is 0.406. The van der Waals surface area contributed by atoms with Crippen LogP contribution in [0.15, 0.2) is 18.3 Å². The lowest BCUT2D eigenvalue weighted by atomic mass is 10.2. The van der Waals surface area contributed by atoms with Gasteiger partial charge in [0.2, 0.25) is 5.91 Å². The van der Waals surface area contributed by atoms with Crippen molar-refractivity contribution in [2.45, 2.75) is 6.42 Å². The lowest BCUT2D eigenvalue weighted by Crippen LogP contribution is -2.26. The number of anilines is 1. The summed E-state index contributed by atoms with van der Waals surface area (Å²) in [6, 6.07) is 3.15. The standard InChI is InChI=1S/C12H13BrN2O3/c1-18-12(17)9-2-3-14-10(5-9)15-7-8(6-13)4-11(15)16/h2-3,5,8H,4,6-7H2,1H3. The summed E-state index contributed by atoms with van der Waals surface area (Å²) in [7, 11) is 1.32. The number of aromatic nitrogens is 1. The van der Waals surface area contributed by atoms with Crippen LogP contribution in [0.25, 0.3) is 0 Å². The molecule has 1 atom stereocenters. The van der Waals surface area contributed by atoms with Crippen molar-refractivity contribution in [3.8, 4) is 0 Å². The van der Waals surface area contributed by atoms with E-state index in [1.165, 1.54) is 13.3 Å². The average molecular weight is 313 g/mol. The summed E-state index contributed by atoms with van der Waals surface area (Å²) in [6.07, 6.45) is 2.02. The van der Waals surface area contributed by atoms with Crippen molar-refractivity contribution in [2.24, 2.45) is 5.92 Å². The van der Waals surface area contributed by atoms with Gasteiger partial charge in [-0.15, -0.1) is 0 Å². The van der Waals surface area contributed by atoms with Crippen LogP contribution in [-0.2, 0) is 9.53 Å². The Morgan fingerprint density at radius 2 is 2.44 bits per heavy atom. The Balaban J connectivity index is 2.24. The molecule has 1 saturated heterocycles. The Hall–Kier alpha value is -1.43. The summed E-state index contributed by atoms with van der Waals surface area (Å²) in [5, 5.41) is 0.784. The molecule has 5 nitrogen and oxygen atoms in total. The fourth-order valence-electron chi connectivity index (χ4n) is 1.92. The van der Waals surface area contributed by atoms with Crippen molar-refractivity contribution >= 4 is 33.6 Å². The number of amides is 1. The van der Waals surface area contributed by atoms with E-state index in [9.17, 15) is 9.59 Å². The molecule has 1 aliphatic rings. The van der Waals surface area contributed by atoms with E-state index in [1.54, 1.807) is 17.0 Å². The molecule has 1 aromatic heterocycles. The monoisotopic (exact) mass is 312 g/mol. The number of halogens is 1. The molecule has 2 heterocycles. The normalized spacial score (nSPS) is 19.1. The van der Waals surface area contributed by atoms with Crippen LogP contribution in [0.3, 0.4) is 0 Å². The van der Waals surface area contributed by atoms with Gasteiger partial charge in [0.15, 0.2) is 0 Å². The van der Waals surface area contributed by atoms with Crippen LogP contribution < -0.4 is 4.90 Å². The number of carbonyl (C=O) groups is 2. The molecule has 1 aliphatic heterocycles. The largest absolute Gasteiger partial charge is 0.465 e. The molecule has 0 saturated carbocycles. The first-order chi connectivity index (χ1) is 8.65. The first kappa shape index (κ1) is 13.0. The Morgan fingerprint density at radius 1 is 1.67 bits per heavy atom. The number of alkyl halides is 1. The third kappa shape index (κ3) is 2.53. The summed E-state index contributed by atoms with van der Waals surface area (Å²) in [4.78, 5) is 29.0. The van der Waals surface area contributed by atoms with Gasteiger partial charge in [0, 0.05) is 24.5 Å². The molecule has 1 fully saturated rings. The second-order valence-corrected chi connectivity index (χ2v) is 4.77. The second-order valence-electron chi connectivity index (χ2n) is 4.12. The van der Waals surface area contributed by atoms with Crippen LogP contribution in [0.5, 0.6) is 0 Å². The molecule has 18 heavy (non-hydrogen) atoms. The first-order valence-electron chi connectivity index (χ1n) is 5.56. The number of hydrogen-bond donors (Lipinski definition) is 0. The fraction of sp³-hybridized carbons (Fsp3) is 0.417. The molecular weight excluding hydrogens is 300 g/mol. The molecule has 0 spiro atoms. The summed E-state index contributed by atoms with van der Waals surface area (Å²) in [6.45, 7) is 0.627. The Labute approximate surface area is 113 Å². The quantitative estimate of drug-likeness (QED) is 0.628. The number of rotatable bonds is 3. The van der Waals surface area contributed by atoms with E-state index >= 15 is 0 Å². The lowest BCUT2D eigenvalue weighted by molar-refractivity contribution is -0.117. The van der Waals surface area contributed by atoms with Crippen LogP contribution in [-0.4, -0.2) is 35.8 Å². The van der Waals surface area contributed by atoms with Crippen LogP contribution in [0.4, 0.5) is 5.82 Å². The Morgan fingerprint density at radius 3 is 3.06 bits per heavy atom. The van der Waals surface area contributed by atoms with Crippen molar-refractivity contribution in [3.05, 3.63) is 23.9 Å². The van der Waals surface area contributed by atoms with Gasteiger partial charge in [-0.1, -0.05) is 15.9 Å². The summed E-state index contributed by atoms with van der Waals surface area (Å²) >= 11 is 3.38. The Kier molecular flexibility index (Phi) is 3.96. The molecule has 1 amide bonds. The molecule has 96 valence electrons.